The predicted octanol–water partition coefficient (Wildman–Crippen LogP) is 17.4. The fraction of sp³-hybridized carbons (Fsp3) is 0.171. The minimum absolute atomic E-state index is 0.0737. The van der Waals surface area contributed by atoms with Gasteiger partial charge in [-0.05, 0) is 163 Å². The Morgan fingerprint density at radius 2 is 1.38 bits per heavy atom. The van der Waals surface area contributed by atoms with Gasteiger partial charge in [0.2, 0.25) is 0 Å². The highest BCUT2D eigenvalue weighted by Crippen LogP contribution is 2.77. The zero-order valence-electron chi connectivity index (χ0n) is 43.0. The first kappa shape index (κ1) is 46.4. The maximum absolute atomic E-state index is 6.73. The number of fused-ring (bicyclic) bond motifs is 9. The highest BCUT2D eigenvalue weighted by molar-refractivity contribution is 8.01. The van der Waals surface area contributed by atoms with Gasteiger partial charge < -0.3 is 24.0 Å². The third-order valence-corrected chi connectivity index (χ3v) is 19.5. The second-order valence-corrected chi connectivity index (χ2v) is 24.4. The third-order valence-electron chi connectivity index (χ3n) is 16.8. The van der Waals surface area contributed by atoms with Crippen molar-refractivity contribution >= 4 is 93.1 Å². The van der Waals surface area contributed by atoms with Crippen molar-refractivity contribution in [1.29, 1.82) is 0 Å². The summed E-state index contributed by atoms with van der Waals surface area (Å²) in [7, 11) is 0.776. The summed E-state index contributed by atoms with van der Waals surface area (Å²) in [5.74, 6) is 8.03. The lowest BCUT2D eigenvalue weighted by Crippen LogP contribution is -2.35. The van der Waals surface area contributed by atoms with E-state index in [0.29, 0.717) is 17.8 Å². The predicted molar refractivity (Wildman–Crippen MR) is 325 cm³/mol. The van der Waals surface area contributed by atoms with E-state index < -0.39 is 0 Å². The van der Waals surface area contributed by atoms with E-state index in [4.69, 9.17) is 4.42 Å². The molecule has 0 N–H and O–H groups in total. The van der Waals surface area contributed by atoms with Crippen LogP contribution in [0.25, 0.3) is 21.9 Å². The van der Waals surface area contributed by atoms with Gasteiger partial charge in [-0.2, -0.15) is 0 Å². The fourth-order valence-electron chi connectivity index (χ4n) is 13.5. The van der Waals surface area contributed by atoms with Gasteiger partial charge in [-0.3, -0.25) is 0 Å². The lowest BCUT2D eigenvalue weighted by Gasteiger charge is -2.37. The number of rotatable bonds is 12. The average Bonchev–Trinajstić information content (AvgIpc) is 3.61. The average molecular weight is 1030 g/mol. The molecule has 15 rings (SSSR count). The Morgan fingerprint density at radius 3 is 2.17 bits per heavy atom. The van der Waals surface area contributed by atoms with E-state index in [1.54, 1.807) is 0 Å². The molecule has 5 nitrogen and oxygen atoms in total. The van der Waals surface area contributed by atoms with Crippen molar-refractivity contribution in [1.82, 2.24) is 0 Å². The minimum atomic E-state index is 0.0737. The van der Waals surface area contributed by atoms with Crippen molar-refractivity contribution < 1.29 is 4.42 Å². The number of benzene rings is 8. The van der Waals surface area contributed by atoms with Crippen LogP contribution >= 0.6 is 20.3 Å². The molecule has 7 atom stereocenters. The van der Waals surface area contributed by atoms with Gasteiger partial charge in [0.1, 0.15) is 11.2 Å². The van der Waals surface area contributed by atoms with Crippen LogP contribution in [-0.4, -0.2) is 23.0 Å². The largest absolute Gasteiger partial charge is 0.456 e. The summed E-state index contributed by atoms with van der Waals surface area (Å²) < 4.78 is 6.81. The standard InChI is InChI=1S/C70H57N4OPS/c1-2-76-60-28-17-27-53(42-60)73(58-39-47-38-48-18-15-16-29-65(48)74(59(40-47)41-58)52-25-13-6-14-26-52)56-31-34-62-68(46-56)77-70-37-36-57(44-64(70)69(62)70)72(51-23-11-5-12-24-51)55-30-33-61-63-43-54(32-35-66(63)75-67(61)45-55)71(49-19-7-3-8-20-49)50-21-9-4-10-22-50/h3-5,7-13,15-25,27-37,39,41-43,45-47,52,57,64,69,76H,2,26,38,40,44H2,1H3. The Bertz CT molecular complexity index is 3930. The number of para-hydroxylation sites is 4. The lowest BCUT2D eigenvalue weighted by molar-refractivity contribution is 0.597. The molecule has 0 radical (unpaired) electrons. The van der Waals surface area contributed by atoms with Gasteiger partial charge >= 0.3 is 0 Å². The number of nitrogens with zero attached hydrogens (tertiary/aromatic N) is 4. The van der Waals surface area contributed by atoms with Crippen molar-refractivity contribution in [3.8, 4) is 11.8 Å². The molecule has 4 aliphatic carbocycles. The van der Waals surface area contributed by atoms with Gasteiger partial charge in [-0.25, -0.2) is 0 Å². The van der Waals surface area contributed by atoms with E-state index in [1.807, 2.05) is 6.08 Å². The van der Waals surface area contributed by atoms with Crippen LogP contribution in [0.1, 0.15) is 43.2 Å². The normalized spacial score (nSPS) is 22.3. The molecule has 8 aromatic carbocycles. The van der Waals surface area contributed by atoms with E-state index in [2.05, 4.69) is 275 Å². The monoisotopic (exact) mass is 1030 g/mol. The van der Waals surface area contributed by atoms with Crippen LogP contribution < -0.4 is 24.9 Å². The van der Waals surface area contributed by atoms with Gasteiger partial charge in [0, 0.05) is 95.7 Å². The summed E-state index contributed by atoms with van der Waals surface area (Å²) in [6.07, 6.45) is 19.6. The molecule has 2 bridgehead atoms. The van der Waals surface area contributed by atoms with E-state index in [1.165, 1.54) is 55.5 Å². The second kappa shape index (κ2) is 19.0. The van der Waals surface area contributed by atoms with Crippen LogP contribution in [0.15, 0.2) is 251 Å². The number of allylic oxidation sites excluding steroid dienone is 4. The SMILES string of the molecule is CCPc1cccc(N(C2=CC3CC(=C2)N(C2C=CC#CC2)c2ccccc2C3)c2ccc3c(c2)SC24C=CC(N(c5ccccc5)c5ccc6c(c5)oc5ccc(N(c7ccccc7)c7ccccc7)cc56)CC2C34)c1. The zero-order chi connectivity index (χ0) is 51.0. The molecule has 77 heavy (non-hydrogen) atoms. The summed E-state index contributed by atoms with van der Waals surface area (Å²) in [5, 5.41) is 3.63. The van der Waals surface area contributed by atoms with E-state index in [0.717, 1.165) is 85.1 Å². The van der Waals surface area contributed by atoms with Crippen molar-refractivity contribution in [2.24, 2.45) is 11.8 Å². The highest BCUT2D eigenvalue weighted by atomic mass is 32.2. The maximum atomic E-state index is 6.73. The molecular weight excluding hydrogens is 976 g/mol. The number of furan rings is 1. The molecule has 6 aliphatic rings. The molecular formula is C70H57N4OPS. The molecule has 7 unspecified atom stereocenters. The molecule has 2 aliphatic heterocycles. The summed E-state index contributed by atoms with van der Waals surface area (Å²) in [6.45, 7) is 2.29. The van der Waals surface area contributed by atoms with Crippen LogP contribution in [0, 0.1) is 23.7 Å². The smallest absolute Gasteiger partial charge is 0.137 e. The number of hydrogen-bond donors (Lipinski definition) is 0. The molecule has 1 saturated carbocycles. The van der Waals surface area contributed by atoms with Gasteiger partial charge in [-0.1, -0.05) is 143 Å². The summed E-state index contributed by atoms with van der Waals surface area (Å²) >= 11 is 2.11. The van der Waals surface area contributed by atoms with Crippen molar-refractivity contribution in [2.75, 3.05) is 25.8 Å². The topological polar surface area (TPSA) is 26.1 Å². The van der Waals surface area contributed by atoms with E-state index in [9.17, 15) is 0 Å². The second-order valence-electron chi connectivity index (χ2n) is 21.4. The van der Waals surface area contributed by atoms with Crippen LogP contribution in [0.2, 0.25) is 0 Å². The van der Waals surface area contributed by atoms with Gasteiger partial charge in [-0.15, -0.1) is 11.8 Å². The first-order chi connectivity index (χ1) is 38.1. The van der Waals surface area contributed by atoms with Crippen molar-refractivity contribution in [3.63, 3.8) is 0 Å². The van der Waals surface area contributed by atoms with Crippen molar-refractivity contribution in [3.05, 3.63) is 253 Å². The Balaban J connectivity index is 0.747. The van der Waals surface area contributed by atoms with Crippen LogP contribution in [0.4, 0.5) is 45.5 Å². The summed E-state index contributed by atoms with van der Waals surface area (Å²) in [5.41, 5.74) is 16.7. The summed E-state index contributed by atoms with van der Waals surface area (Å²) in [6, 6.07) is 71.7. The van der Waals surface area contributed by atoms with Gasteiger partial charge in [0.15, 0.2) is 0 Å². The highest BCUT2D eigenvalue weighted by Gasteiger charge is 2.69. The Labute approximate surface area is 457 Å². The molecule has 1 spiro atoms. The molecule has 3 heterocycles. The van der Waals surface area contributed by atoms with Crippen molar-refractivity contribution in [2.45, 2.75) is 60.3 Å². The lowest BCUT2D eigenvalue weighted by atomic mass is 9.91. The van der Waals surface area contributed by atoms with Crippen LogP contribution in [0.3, 0.4) is 0 Å². The quantitative estimate of drug-likeness (QED) is 0.0687. The third kappa shape index (κ3) is 8.05. The van der Waals surface area contributed by atoms with Gasteiger partial charge in [0.05, 0.1) is 12.1 Å². The molecule has 9 aromatic rings. The molecule has 0 saturated heterocycles. The van der Waals surface area contributed by atoms with E-state index >= 15 is 0 Å². The molecule has 1 fully saturated rings. The Morgan fingerprint density at radius 1 is 0.649 bits per heavy atom. The molecule has 7 heteroatoms. The number of thioether (sulfide) groups is 1. The number of hydrogen-bond acceptors (Lipinski definition) is 6. The zero-order valence-corrected chi connectivity index (χ0v) is 44.8. The van der Waals surface area contributed by atoms with Gasteiger partial charge in [0.25, 0.3) is 0 Å². The first-order valence-corrected chi connectivity index (χ1v) is 29.4. The minimum Gasteiger partial charge on any atom is -0.456 e. The fourth-order valence-corrected chi connectivity index (χ4v) is 16.1. The maximum Gasteiger partial charge on any atom is 0.137 e. The van der Waals surface area contributed by atoms with Crippen LogP contribution in [-0.2, 0) is 6.42 Å². The molecule has 1 aromatic heterocycles. The Kier molecular flexibility index (Phi) is 11.4. The Hall–Kier alpha value is -7.94. The van der Waals surface area contributed by atoms with E-state index in [-0.39, 0.29) is 16.8 Å². The summed E-state index contributed by atoms with van der Waals surface area (Å²) in [4.78, 5) is 11.4. The molecule has 0 amide bonds. The first-order valence-electron chi connectivity index (χ1n) is 27.4. The van der Waals surface area contributed by atoms with Crippen LogP contribution in [0.5, 0.6) is 0 Å². The number of anilines is 8. The molecule has 374 valence electrons.